The quantitative estimate of drug-likeness (QED) is 0.505. The summed E-state index contributed by atoms with van der Waals surface area (Å²) in [5.41, 5.74) is 5.53. The van der Waals surface area contributed by atoms with E-state index in [-0.39, 0.29) is 5.91 Å². The average molecular weight is 271 g/mol. The van der Waals surface area contributed by atoms with Crippen LogP contribution < -0.4 is 16.0 Å². The number of hydrogen-bond donors (Lipinski definition) is 2. The van der Waals surface area contributed by atoms with Crippen LogP contribution in [-0.2, 0) is 6.61 Å². The molecule has 2 rings (SSSR count). The van der Waals surface area contributed by atoms with Crippen LogP contribution in [0.4, 0.5) is 0 Å². The van der Waals surface area contributed by atoms with E-state index in [0.29, 0.717) is 12.2 Å². The third kappa shape index (κ3) is 3.13. The molecule has 104 valence electrons. The molecule has 0 radical (unpaired) electrons. The number of aromatic nitrogens is 1. The maximum Gasteiger partial charge on any atom is 0.266 e. The lowest BCUT2D eigenvalue weighted by Crippen LogP contribution is -2.30. The van der Waals surface area contributed by atoms with Crippen molar-refractivity contribution in [3.63, 3.8) is 0 Å². The molecule has 0 saturated heterocycles. The lowest BCUT2D eigenvalue weighted by molar-refractivity contribution is 0.0953. The minimum atomic E-state index is -0.362. The minimum absolute atomic E-state index is 0.356. The van der Waals surface area contributed by atoms with Gasteiger partial charge in [-0.05, 0) is 43.2 Å². The number of rotatable bonds is 4. The maximum absolute atomic E-state index is 11.3. The van der Waals surface area contributed by atoms with Crippen LogP contribution in [0.3, 0.4) is 0 Å². The number of nitrogens with zero attached hydrogens (tertiary/aromatic N) is 1. The van der Waals surface area contributed by atoms with Crippen LogP contribution in [-0.4, -0.2) is 10.9 Å². The molecule has 2 aromatic rings. The highest BCUT2D eigenvalue weighted by molar-refractivity contribution is 5.93. The molecule has 0 aliphatic rings. The molecule has 0 aliphatic heterocycles. The second-order valence-corrected chi connectivity index (χ2v) is 4.50. The predicted octanol–water partition coefficient (Wildman–Crippen LogP) is 1.88. The molecule has 5 nitrogen and oxygen atoms in total. The monoisotopic (exact) mass is 271 g/mol. The van der Waals surface area contributed by atoms with Crippen molar-refractivity contribution >= 4 is 5.91 Å². The standard InChI is InChI=1S/C15H17N3O2/c1-10-4-3-5-14(11(10)2)20-9-13-7-6-12(8-17-13)15(19)18-16/h3-8H,9,16H2,1-2H3,(H,18,19). The first-order valence-corrected chi connectivity index (χ1v) is 6.26. The summed E-state index contributed by atoms with van der Waals surface area (Å²) in [5.74, 6) is 5.54. The van der Waals surface area contributed by atoms with Crippen LogP contribution in [0.5, 0.6) is 5.75 Å². The first-order chi connectivity index (χ1) is 9.61. The second kappa shape index (κ2) is 6.16. The number of ether oxygens (including phenoxy) is 1. The molecule has 5 heteroatoms. The summed E-state index contributed by atoms with van der Waals surface area (Å²) in [7, 11) is 0. The van der Waals surface area contributed by atoms with Gasteiger partial charge in [-0.2, -0.15) is 0 Å². The van der Waals surface area contributed by atoms with Gasteiger partial charge < -0.3 is 4.74 Å². The number of amides is 1. The molecule has 0 spiro atoms. The lowest BCUT2D eigenvalue weighted by Gasteiger charge is -2.10. The lowest BCUT2D eigenvalue weighted by atomic mass is 10.1. The third-order valence-electron chi connectivity index (χ3n) is 3.15. The molecule has 0 aliphatic carbocycles. The molecule has 0 atom stereocenters. The van der Waals surface area contributed by atoms with E-state index in [2.05, 4.69) is 10.4 Å². The Labute approximate surface area is 117 Å². The zero-order chi connectivity index (χ0) is 14.5. The van der Waals surface area contributed by atoms with E-state index in [1.54, 1.807) is 12.1 Å². The highest BCUT2D eigenvalue weighted by atomic mass is 16.5. The number of carbonyl (C=O) groups is 1. The van der Waals surface area contributed by atoms with Crippen LogP contribution >= 0.6 is 0 Å². The van der Waals surface area contributed by atoms with Crippen LogP contribution in [0.25, 0.3) is 0 Å². The van der Waals surface area contributed by atoms with Gasteiger partial charge in [0.25, 0.3) is 5.91 Å². The number of nitrogens with one attached hydrogen (secondary N) is 1. The molecule has 0 saturated carbocycles. The van der Waals surface area contributed by atoms with Gasteiger partial charge in [0.15, 0.2) is 0 Å². The van der Waals surface area contributed by atoms with Gasteiger partial charge in [0.1, 0.15) is 12.4 Å². The van der Waals surface area contributed by atoms with Gasteiger partial charge in [0, 0.05) is 6.20 Å². The molecule has 1 aromatic carbocycles. The minimum Gasteiger partial charge on any atom is -0.487 e. The second-order valence-electron chi connectivity index (χ2n) is 4.50. The SMILES string of the molecule is Cc1cccc(OCc2ccc(C(=O)NN)cn2)c1C. The van der Waals surface area contributed by atoms with Crippen molar-refractivity contribution in [2.45, 2.75) is 20.5 Å². The Morgan fingerprint density at radius 1 is 1.30 bits per heavy atom. The molecule has 0 bridgehead atoms. The third-order valence-corrected chi connectivity index (χ3v) is 3.15. The summed E-state index contributed by atoms with van der Waals surface area (Å²) >= 11 is 0. The summed E-state index contributed by atoms with van der Waals surface area (Å²) in [6.07, 6.45) is 1.48. The maximum atomic E-state index is 11.3. The number of hydrogen-bond acceptors (Lipinski definition) is 4. The van der Waals surface area contributed by atoms with E-state index in [0.717, 1.165) is 17.0 Å². The van der Waals surface area contributed by atoms with E-state index in [9.17, 15) is 4.79 Å². The fourth-order valence-electron chi connectivity index (χ4n) is 1.76. The predicted molar refractivity (Wildman–Crippen MR) is 76.1 cm³/mol. The molecule has 1 amide bonds. The smallest absolute Gasteiger partial charge is 0.266 e. The summed E-state index contributed by atoms with van der Waals surface area (Å²) in [6.45, 7) is 4.42. The molecule has 0 unspecified atom stereocenters. The Bertz CT molecular complexity index is 609. The summed E-state index contributed by atoms with van der Waals surface area (Å²) in [6, 6.07) is 9.34. The number of aryl methyl sites for hydroxylation is 1. The number of carbonyl (C=O) groups excluding carboxylic acids is 1. The van der Waals surface area contributed by atoms with E-state index in [1.165, 1.54) is 11.8 Å². The fourth-order valence-corrected chi connectivity index (χ4v) is 1.76. The number of pyridine rings is 1. The van der Waals surface area contributed by atoms with Crippen molar-refractivity contribution in [1.29, 1.82) is 0 Å². The Balaban J connectivity index is 2.04. The van der Waals surface area contributed by atoms with Crippen molar-refractivity contribution in [3.8, 4) is 5.75 Å². The van der Waals surface area contributed by atoms with E-state index >= 15 is 0 Å². The Morgan fingerprint density at radius 3 is 2.75 bits per heavy atom. The number of nitrogens with two attached hydrogens (primary N) is 1. The van der Waals surface area contributed by atoms with Crippen LogP contribution in [0.2, 0.25) is 0 Å². The van der Waals surface area contributed by atoms with Gasteiger partial charge in [-0.15, -0.1) is 0 Å². The first-order valence-electron chi connectivity index (χ1n) is 6.26. The van der Waals surface area contributed by atoms with Gasteiger partial charge in [-0.25, -0.2) is 5.84 Å². The van der Waals surface area contributed by atoms with E-state index in [1.807, 2.05) is 32.0 Å². The summed E-state index contributed by atoms with van der Waals surface area (Å²) in [5, 5.41) is 0. The largest absolute Gasteiger partial charge is 0.487 e. The molecule has 20 heavy (non-hydrogen) atoms. The molecule has 3 N–H and O–H groups in total. The van der Waals surface area contributed by atoms with Gasteiger partial charge >= 0.3 is 0 Å². The number of hydrazine groups is 1. The van der Waals surface area contributed by atoms with Crippen molar-refractivity contribution in [1.82, 2.24) is 10.4 Å². The van der Waals surface area contributed by atoms with Gasteiger partial charge in [-0.3, -0.25) is 15.2 Å². The molecular formula is C15H17N3O2. The van der Waals surface area contributed by atoms with E-state index in [4.69, 9.17) is 10.6 Å². The normalized spacial score (nSPS) is 10.2. The van der Waals surface area contributed by atoms with Gasteiger partial charge in [0.2, 0.25) is 0 Å². The van der Waals surface area contributed by atoms with Crippen molar-refractivity contribution in [2.24, 2.45) is 5.84 Å². The van der Waals surface area contributed by atoms with Crippen molar-refractivity contribution in [3.05, 3.63) is 58.9 Å². The fraction of sp³-hybridized carbons (Fsp3) is 0.200. The van der Waals surface area contributed by atoms with E-state index < -0.39 is 0 Å². The first kappa shape index (κ1) is 14.0. The molecule has 0 fully saturated rings. The Hall–Kier alpha value is -2.40. The summed E-state index contributed by atoms with van der Waals surface area (Å²) in [4.78, 5) is 15.5. The zero-order valence-corrected chi connectivity index (χ0v) is 11.5. The van der Waals surface area contributed by atoms with Crippen LogP contribution in [0.15, 0.2) is 36.5 Å². The highest BCUT2D eigenvalue weighted by Crippen LogP contribution is 2.21. The average Bonchev–Trinajstić information content (AvgIpc) is 2.48. The number of nitrogen functional groups attached to an aromatic ring is 1. The summed E-state index contributed by atoms with van der Waals surface area (Å²) < 4.78 is 5.74. The molecular weight excluding hydrogens is 254 g/mol. The van der Waals surface area contributed by atoms with Gasteiger partial charge in [0.05, 0.1) is 11.3 Å². The highest BCUT2D eigenvalue weighted by Gasteiger charge is 2.05. The molecule has 1 aromatic heterocycles. The van der Waals surface area contributed by atoms with Crippen LogP contribution in [0, 0.1) is 13.8 Å². The Morgan fingerprint density at radius 2 is 2.10 bits per heavy atom. The van der Waals surface area contributed by atoms with Crippen molar-refractivity contribution in [2.75, 3.05) is 0 Å². The van der Waals surface area contributed by atoms with Crippen molar-refractivity contribution < 1.29 is 9.53 Å². The molecule has 1 heterocycles. The van der Waals surface area contributed by atoms with Crippen LogP contribution in [0.1, 0.15) is 27.2 Å². The topological polar surface area (TPSA) is 77.2 Å². The van der Waals surface area contributed by atoms with Gasteiger partial charge in [-0.1, -0.05) is 12.1 Å². The number of benzene rings is 1. The Kier molecular flexibility index (Phi) is 4.32. The zero-order valence-electron chi connectivity index (χ0n) is 11.5.